The van der Waals surface area contributed by atoms with E-state index in [2.05, 4.69) is 4.90 Å². The molecule has 0 saturated heterocycles. The summed E-state index contributed by atoms with van der Waals surface area (Å²) in [6.07, 6.45) is 1.19. The van der Waals surface area contributed by atoms with Crippen molar-refractivity contribution in [3.05, 3.63) is 103 Å². The van der Waals surface area contributed by atoms with Crippen LogP contribution in [0.1, 0.15) is 54.9 Å². The predicted octanol–water partition coefficient (Wildman–Crippen LogP) is 6.56. The van der Waals surface area contributed by atoms with Crippen LogP contribution in [0.3, 0.4) is 0 Å². The van der Waals surface area contributed by atoms with Gasteiger partial charge in [0, 0.05) is 19.1 Å². The number of benzene rings is 2. The molecule has 3 aromatic rings. The molecule has 0 saturated carbocycles. The molecule has 0 amide bonds. The second-order valence-corrected chi connectivity index (χ2v) is 11.1. The molecule has 8 heteroatoms. The number of carbonyl (C=O) groups is 1. The number of rotatable bonds is 9. The Kier molecular flexibility index (Phi) is 9.57. The van der Waals surface area contributed by atoms with Crippen LogP contribution in [0.15, 0.2) is 59.4 Å². The number of pyridine rings is 1. The predicted molar refractivity (Wildman–Crippen MR) is 147 cm³/mol. The van der Waals surface area contributed by atoms with Crippen LogP contribution in [0.4, 0.5) is 4.39 Å². The molecule has 5 nitrogen and oxygen atoms in total. The molecular weight excluding hydrogens is 514 g/mol. The second kappa shape index (κ2) is 12.2. The maximum atomic E-state index is 13.6. The van der Waals surface area contributed by atoms with E-state index in [9.17, 15) is 14.0 Å². The van der Waals surface area contributed by atoms with Gasteiger partial charge in [-0.15, -0.1) is 0 Å². The van der Waals surface area contributed by atoms with Crippen LogP contribution < -0.4 is 5.56 Å². The van der Waals surface area contributed by atoms with Gasteiger partial charge in [-0.05, 0) is 89.0 Å². The highest BCUT2D eigenvalue weighted by molar-refractivity contribution is 6.34. The molecule has 0 aliphatic rings. The van der Waals surface area contributed by atoms with E-state index in [-0.39, 0.29) is 28.4 Å². The maximum Gasteiger partial charge on any atom is 0.338 e. The van der Waals surface area contributed by atoms with Gasteiger partial charge in [-0.3, -0.25) is 9.69 Å². The SMILES string of the molecule is CC(Cc1cccc(F)c1)N(C)Cc1c(Cl)cc(Cl)c(=O)n1CCc1ccc(C(=O)OC(C)(C)C)cc1. The Morgan fingerprint density at radius 2 is 1.73 bits per heavy atom. The summed E-state index contributed by atoms with van der Waals surface area (Å²) >= 11 is 12.7. The van der Waals surface area contributed by atoms with Gasteiger partial charge in [-0.1, -0.05) is 47.5 Å². The highest BCUT2D eigenvalue weighted by Crippen LogP contribution is 2.22. The van der Waals surface area contributed by atoms with Gasteiger partial charge in [0.15, 0.2) is 0 Å². The molecule has 0 radical (unpaired) electrons. The minimum Gasteiger partial charge on any atom is -0.456 e. The van der Waals surface area contributed by atoms with Gasteiger partial charge < -0.3 is 9.30 Å². The number of hydrogen-bond acceptors (Lipinski definition) is 4. The quantitative estimate of drug-likeness (QED) is 0.285. The monoisotopic (exact) mass is 546 g/mol. The minimum absolute atomic E-state index is 0.0597. The zero-order valence-corrected chi connectivity index (χ0v) is 23.4. The highest BCUT2D eigenvalue weighted by Gasteiger charge is 2.19. The van der Waals surface area contributed by atoms with Gasteiger partial charge in [0.25, 0.3) is 5.56 Å². The molecule has 3 rings (SSSR count). The number of aryl methyl sites for hydroxylation is 1. The Bertz CT molecular complexity index is 1300. The van der Waals surface area contributed by atoms with Crippen LogP contribution in [0.2, 0.25) is 10.0 Å². The Balaban J connectivity index is 1.75. The molecule has 0 aliphatic heterocycles. The van der Waals surface area contributed by atoms with E-state index < -0.39 is 5.60 Å². The van der Waals surface area contributed by atoms with Crippen molar-refractivity contribution in [2.24, 2.45) is 0 Å². The molecule has 1 heterocycles. The maximum absolute atomic E-state index is 13.6. The Hall–Kier alpha value is -2.67. The number of aromatic nitrogens is 1. The molecule has 2 aromatic carbocycles. The van der Waals surface area contributed by atoms with E-state index in [1.54, 1.807) is 22.8 Å². The number of hydrogen-bond donors (Lipinski definition) is 0. The molecule has 37 heavy (non-hydrogen) atoms. The topological polar surface area (TPSA) is 51.5 Å². The summed E-state index contributed by atoms with van der Waals surface area (Å²) in [4.78, 5) is 27.3. The molecule has 198 valence electrons. The first-order valence-corrected chi connectivity index (χ1v) is 12.9. The number of nitrogens with zero attached hydrogens (tertiary/aromatic N) is 2. The fourth-order valence-corrected chi connectivity index (χ4v) is 4.51. The number of ether oxygens (including phenoxy) is 1. The van der Waals surface area contributed by atoms with Crippen LogP contribution in [-0.4, -0.2) is 34.1 Å². The summed E-state index contributed by atoms with van der Waals surface area (Å²) in [5.41, 5.74) is 2.10. The van der Waals surface area contributed by atoms with Crippen LogP contribution in [-0.2, 0) is 30.7 Å². The van der Waals surface area contributed by atoms with Crippen molar-refractivity contribution in [3.8, 4) is 0 Å². The van der Waals surface area contributed by atoms with E-state index in [0.29, 0.717) is 42.2 Å². The summed E-state index contributed by atoms with van der Waals surface area (Å²) in [6.45, 7) is 8.30. The van der Waals surface area contributed by atoms with E-state index in [1.807, 2.05) is 52.9 Å². The van der Waals surface area contributed by atoms with Crippen molar-refractivity contribution < 1.29 is 13.9 Å². The summed E-state index contributed by atoms with van der Waals surface area (Å²) in [6, 6.07) is 15.2. The normalized spacial score (nSPS) is 12.6. The van der Waals surface area contributed by atoms with E-state index in [1.165, 1.54) is 18.2 Å². The lowest BCUT2D eigenvalue weighted by Crippen LogP contribution is -2.34. The Labute approximate surface area is 227 Å². The van der Waals surface area contributed by atoms with E-state index in [4.69, 9.17) is 27.9 Å². The fraction of sp³-hybridized carbons (Fsp3) is 0.379. The summed E-state index contributed by atoms with van der Waals surface area (Å²) in [5, 5.41) is 0.471. The molecule has 0 bridgehead atoms. The third-order valence-corrected chi connectivity index (χ3v) is 6.69. The molecular formula is C29H33Cl2FN2O3. The number of carbonyl (C=O) groups excluding carboxylic acids is 1. The Morgan fingerprint density at radius 3 is 2.35 bits per heavy atom. The first-order chi connectivity index (χ1) is 17.3. The number of halogens is 3. The van der Waals surface area contributed by atoms with E-state index >= 15 is 0 Å². The summed E-state index contributed by atoms with van der Waals surface area (Å²) in [7, 11) is 1.94. The zero-order chi connectivity index (χ0) is 27.3. The van der Waals surface area contributed by atoms with Gasteiger partial charge in [-0.25, -0.2) is 9.18 Å². The average Bonchev–Trinajstić information content (AvgIpc) is 2.81. The third kappa shape index (κ3) is 8.16. The second-order valence-electron chi connectivity index (χ2n) is 10.3. The zero-order valence-electron chi connectivity index (χ0n) is 21.9. The van der Waals surface area contributed by atoms with Gasteiger partial charge in [0.2, 0.25) is 0 Å². The van der Waals surface area contributed by atoms with Gasteiger partial charge in [0.1, 0.15) is 16.4 Å². The van der Waals surface area contributed by atoms with Crippen molar-refractivity contribution in [1.29, 1.82) is 0 Å². The lowest BCUT2D eigenvalue weighted by atomic mass is 10.1. The molecule has 0 fully saturated rings. The smallest absolute Gasteiger partial charge is 0.338 e. The molecule has 0 spiro atoms. The van der Waals surface area contributed by atoms with Gasteiger partial charge >= 0.3 is 5.97 Å². The molecule has 1 unspecified atom stereocenters. The molecule has 0 aliphatic carbocycles. The van der Waals surface area contributed by atoms with Gasteiger partial charge in [-0.2, -0.15) is 0 Å². The van der Waals surface area contributed by atoms with Crippen LogP contribution in [0, 0.1) is 5.82 Å². The summed E-state index contributed by atoms with van der Waals surface area (Å²) in [5.74, 6) is -0.643. The standard InChI is InChI=1S/C29H33Cl2FN2O3/c1-19(15-21-7-6-8-23(32)16-21)33(5)18-26-24(30)17-25(31)27(35)34(26)14-13-20-9-11-22(12-10-20)28(36)37-29(2,3)4/h6-12,16-17,19H,13-15,18H2,1-5H3. The van der Waals surface area contributed by atoms with Crippen LogP contribution in [0.25, 0.3) is 0 Å². The highest BCUT2D eigenvalue weighted by atomic mass is 35.5. The lowest BCUT2D eigenvalue weighted by Gasteiger charge is -2.27. The molecule has 0 N–H and O–H groups in total. The first-order valence-electron chi connectivity index (χ1n) is 12.2. The van der Waals surface area contributed by atoms with Crippen molar-refractivity contribution in [2.45, 2.75) is 65.3 Å². The van der Waals surface area contributed by atoms with Crippen molar-refractivity contribution in [1.82, 2.24) is 9.47 Å². The molecule has 1 aromatic heterocycles. The molecule has 1 atom stereocenters. The van der Waals surface area contributed by atoms with Gasteiger partial charge in [0.05, 0.1) is 16.3 Å². The Morgan fingerprint density at radius 1 is 1.05 bits per heavy atom. The number of esters is 1. The first kappa shape index (κ1) is 28.9. The van der Waals surface area contributed by atoms with E-state index in [0.717, 1.165) is 11.1 Å². The van der Waals surface area contributed by atoms with Crippen molar-refractivity contribution in [2.75, 3.05) is 7.05 Å². The fourth-order valence-electron chi connectivity index (χ4n) is 3.97. The van der Waals surface area contributed by atoms with Crippen LogP contribution >= 0.6 is 23.2 Å². The van der Waals surface area contributed by atoms with Crippen molar-refractivity contribution >= 4 is 29.2 Å². The minimum atomic E-state index is -0.568. The largest absolute Gasteiger partial charge is 0.456 e. The van der Waals surface area contributed by atoms with Crippen molar-refractivity contribution in [3.63, 3.8) is 0 Å². The number of likely N-dealkylation sites (N-methyl/N-ethyl adjacent to an activating group) is 1. The average molecular weight is 547 g/mol. The summed E-state index contributed by atoms with van der Waals surface area (Å²) < 4.78 is 20.6. The van der Waals surface area contributed by atoms with Crippen LogP contribution in [0.5, 0.6) is 0 Å². The third-order valence-electron chi connectivity index (χ3n) is 6.09. The lowest BCUT2D eigenvalue weighted by molar-refractivity contribution is 0.00695.